The van der Waals surface area contributed by atoms with Crippen LogP contribution in [-0.4, -0.2) is 15.0 Å². The molecule has 0 radical (unpaired) electrons. The van der Waals surface area contributed by atoms with Gasteiger partial charge in [-0.25, -0.2) is 4.98 Å². The van der Waals surface area contributed by atoms with E-state index in [0.29, 0.717) is 5.82 Å². The van der Waals surface area contributed by atoms with Crippen LogP contribution in [0, 0.1) is 0 Å². The Morgan fingerprint density at radius 2 is 1.20 bits per heavy atom. The van der Waals surface area contributed by atoms with Crippen LogP contribution in [0.1, 0.15) is 0 Å². The van der Waals surface area contributed by atoms with E-state index < -0.39 is 0 Å². The standard InChI is InChI=1S/C21H16N4/c22-21-7-1-6-20(25-21)19-11-17(15-4-2-8-23-13-15)10-18(12-19)16-5-3-9-24-14-16/h1-14H,(H2,22,25). The molecule has 3 heterocycles. The van der Waals surface area contributed by atoms with Crippen LogP contribution in [-0.2, 0) is 0 Å². The number of nitrogen functional groups attached to an aromatic ring is 1. The molecule has 0 aliphatic rings. The van der Waals surface area contributed by atoms with E-state index in [1.54, 1.807) is 18.5 Å². The third-order valence-corrected chi connectivity index (χ3v) is 3.99. The minimum atomic E-state index is 0.507. The molecule has 0 bridgehead atoms. The summed E-state index contributed by atoms with van der Waals surface area (Å²) in [4.78, 5) is 12.9. The van der Waals surface area contributed by atoms with Crippen LogP contribution in [0.5, 0.6) is 0 Å². The first-order valence-corrected chi connectivity index (χ1v) is 7.98. The van der Waals surface area contributed by atoms with Gasteiger partial charge in [-0.3, -0.25) is 9.97 Å². The van der Waals surface area contributed by atoms with Crippen molar-refractivity contribution < 1.29 is 0 Å². The molecule has 25 heavy (non-hydrogen) atoms. The molecule has 0 fully saturated rings. The maximum absolute atomic E-state index is 5.86. The highest BCUT2D eigenvalue weighted by molar-refractivity contribution is 5.79. The Morgan fingerprint density at radius 3 is 1.72 bits per heavy atom. The van der Waals surface area contributed by atoms with Crippen molar-refractivity contribution in [2.75, 3.05) is 5.73 Å². The van der Waals surface area contributed by atoms with Crippen molar-refractivity contribution in [3.8, 4) is 33.5 Å². The summed E-state index contributed by atoms with van der Waals surface area (Å²) in [5.41, 5.74) is 12.0. The molecule has 4 nitrogen and oxygen atoms in total. The first-order valence-electron chi connectivity index (χ1n) is 7.98. The molecule has 0 aliphatic heterocycles. The fraction of sp³-hybridized carbons (Fsp3) is 0. The van der Waals surface area contributed by atoms with E-state index in [1.807, 2.05) is 48.8 Å². The molecule has 4 heteroatoms. The van der Waals surface area contributed by atoms with Gasteiger partial charge in [-0.15, -0.1) is 0 Å². The zero-order valence-corrected chi connectivity index (χ0v) is 13.5. The van der Waals surface area contributed by atoms with E-state index in [4.69, 9.17) is 5.73 Å². The molecular weight excluding hydrogens is 308 g/mol. The summed E-state index contributed by atoms with van der Waals surface area (Å²) in [7, 11) is 0. The van der Waals surface area contributed by atoms with Gasteiger partial charge in [0.05, 0.1) is 5.69 Å². The second kappa shape index (κ2) is 6.53. The van der Waals surface area contributed by atoms with Crippen LogP contribution in [0.15, 0.2) is 85.5 Å². The van der Waals surface area contributed by atoms with Crippen LogP contribution in [0.2, 0.25) is 0 Å². The monoisotopic (exact) mass is 324 g/mol. The van der Waals surface area contributed by atoms with Gasteiger partial charge in [-0.2, -0.15) is 0 Å². The highest BCUT2D eigenvalue weighted by Gasteiger charge is 2.08. The largest absolute Gasteiger partial charge is 0.384 e. The highest BCUT2D eigenvalue weighted by atomic mass is 14.8. The maximum Gasteiger partial charge on any atom is 0.124 e. The van der Waals surface area contributed by atoms with Crippen LogP contribution < -0.4 is 5.73 Å². The number of nitrogens with zero attached hydrogens (tertiary/aromatic N) is 3. The van der Waals surface area contributed by atoms with Gasteiger partial charge in [0.15, 0.2) is 0 Å². The third kappa shape index (κ3) is 3.23. The number of hydrogen-bond donors (Lipinski definition) is 1. The van der Waals surface area contributed by atoms with E-state index in [9.17, 15) is 0 Å². The molecule has 120 valence electrons. The molecule has 4 aromatic rings. The molecule has 0 saturated heterocycles. The van der Waals surface area contributed by atoms with E-state index in [-0.39, 0.29) is 0 Å². The SMILES string of the molecule is Nc1cccc(-c2cc(-c3cccnc3)cc(-c3cccnc3)c2)n1. The van der Waals surface area contributed by atoms with Crippen molar-refractivity contribution in [3.05, 3.63) is 85.5 Å². The maximum atomic E-state index is 5.86. The number of hydrogen-bond acceptors (Lipinski definition) is 4. The Morgan fingerprint density at radius 1 is 0.600 bits per heavy atom. The molecule has 0 atom stereocenters. The quantitative estimate of drug-likeness (QED) is 0.604. The van der Waals surface area contributed by atoms with Crippen LogP contribution in [0.25, 0.3) is 33.5 Å². The Kier molecular flexibility index (Phi) is 3.92. The van der Waals surface area contributed by atoms with Gasteiger partial charge in [0.2, 0.25) is 0 Å². The van der Waals surface area contributed by atoms with Crippen molar-refractivity contribution in [2.45, 2.75) is 0 Å². The second-order valence-corrected chi connectivity index (χ2v) is 5.73. The molecule has 2 N–H and O–H groups in total. The van der Waals surface area contributed by atoms with E-state index in [2.05, 4.69) is 33.2 Å². The third-order valence-electron chi connectivity index (χ3n) is 3.99. The van der Waals surface area contributed by atoms with Gasteiger partial charge in [0.25, 0.3) is 0 Å². The molecule has 0 unspecified atom stereocenters. The molecule has 0 saturated carbocycles. The lowest BCUT2D eigenvalue weighted by Gasteiger charge is -2.10. The molecule has 0 amide bonds. The van der Waals surface area contributed by atoms with Gasteiger partial charge >= 0.3 is 0 Å². The van der Waals surface area contributed by atoms with Gasteiger partial charge in [0.1, 0.15) is 5.82 Å². The normalized spacial score (nSPS) is 10.6. The second-order valence-electron chi connectivity index (χ2n) is 5.73. The minimum absolute atomic E-state index is 0.507. The lowest BCUT2D eigenvalue weighted by atomic mass is 9.96. The average Bonchev–Trinajstić information content (AvgIpc) is 2.69. The van der Waals surface area contributed by atoms with Gasteiger partial charge in [0, 0.05) is 41.5 Å². The predicted molar refractivity (Wildman–Crippen MR) is 101 cm³/mol. The van der Waals surface area contributed by atoms with Gasteiger partial charge in [-0.05, 0) is 53.6 Å². The average molecular weight is 324 g/mol. The Bertz CT molecular complexity index is 941. The topological polar surface area (TPSA) is 64.7 Å². The van der Waals surface area contributed by atoms with Crippen LogP contribution in [0.3, 0.4) is 0 Å². The van der Waals surface area contributed by atoms with Crippen molar-refractivity contribution in [1.82, 2.24) is 15.0 Å². The number of pyridine rings is 3. The molecule has 3 aromatic heterocycles. The molecular formula is C21H16N4. The lowest BCUT2D eigenvalue weighted by molar-refractivity contribution is 1.31. The summed E-state index contributed by atoms with van der Waals surface area (Å²) < 4.78 is 0. The number of benzene rings is 1. The highest BCUT2D eigenvalue weighted by Crippen LogP contribution is 2.31. The first kappa shape index (κ1) is 15.0. The fourth-order valence-electron chi connectivity index (χ4n) is 2.79. The number of anilines is 1. The molecule has 4 rings (SSSR count). The van der Waals surface area contributed by atoms with Gasteiger partial charge in [-0.1, -0.05) is 18.2 Å². The lowest BCUT2D eigenvalue weighted by Crippen LogP contribution is -1.92. The summed E-state index contributed by atoms with van der Waals surface area (Å²) in [5, 5.41) is 0. The summed E-state index contributed by atoms with van der Waals surface area (Å²) in [6.45, 7) is 0. The van der Waals surface area contributed by atoms with Crippen molar-refractivity contribution in [3.63, 3.8) is 0 Å². The van der Waals surface area contributed by atoms with E-state index >= 15 is 0 Å². The summed E-state index contributed by atoms with van der Waals surface area (Å²) in [6, 6.07) is 20.0. The Labute approximate surface area is 146 Å². The number of nitrogens with two attached hydrogens (primary N) is 1. The minimum Gasteiger partial charge on any atom is -0.384 e. The Balaban J connectivity index is 1.92. The zero-order chi connectivity index (χ0) is 17.1. The van der Waals surface area contributed by atoms with Gasteiger partial charge < -0.3 is 5.73 Å². The number of aromatic nitrogens is 3. The molecule has 1 aromatic carbocycles. The van der Waals surface area contributed by atoms with Crippen LogP contribution in [0.4, 0.5) is 5.82 Å². The summed E-state index contributed by atoms with van der Waals surface area (Å²) in [6.07, 6.45) is 7.27. The zero-order valence-electron chi connectivity index (χ0n) is 13.5. The molecule has 0 spiro atoms. The van der Waals surface area contributed by atoms with E-state index in [0.717, 1.165) is 33.5 Å². The van der Waals surface area contributed by atoms with Crippen molar-refractivity contribution in [2.24, 2.45) is 0 Å². The predicted octanol–water partition coefficient (Wildman–Crippen LogP) is 4.45. The Hall–Kier alpha value is -3.53. The summed E-state index contributed by atoms with van der Waals surface area (Å²) in [5.74, 6) is 0.507. The smallest absolute Gasteiger partial charge is 0.124 e. The van der Waals surface area contributed by atoms with E-state index in [1.165, 1.54) is 0 Å². The molecule has 0 aliphatic carbocycles. The van der Waals surface area contributed by atoms with Crippen molar-refractivity contribution in [1.29, 1.82) is 0 Å². The summed E-state index contributed by atoms with van der Waals surface area (Å²) >= 11 is 0. The first-order chi connectivity index (χ1) is 12.3. The van der Waals surface area contributed by atoms with Crippen molar-refractivity contribution >= 4 is 5.82 Å². The van der Waals surface area contributed by atoms with Crippen LogP contribution >= 0.6 is 0 Å². The fourth-order valence-corrected chi connectivity index (χ4v) is 2.79. The number of rotatable bonds is 3.